The second-order valence-corrected chi connectivity index (χ2v) is 3.42. The van der Waals surface area contributed by atoms with E-state index < -0.39 is 29.9 Å². The molecule has 0 fully saturated rings. The second-order valence-electron chi connectivity index (χ2n) is 3.42. The van der Waals surface area contributed by atoms with Gasteiger partial charge in [0.2, 0.25) is 5.91 Å². The largest absolute Gasteiger partial charge is 0.481 e. The Bertz CT molecular complexity index is 280. The maximum Gasteiger partial charge on any atom is 0.312 e. The molecule has 0 spiro atoms. The van der Waals surface area contributed by atoms with Crippen molar-refractivity contribution in [3.05, 3.63) is 0 Å². The van der Waals surface area contributed by atoms with Gasteiger partial charge in [0.05, 0.1) is 5.92 Å². The van der Waals surface area contributed by atoms with E-state index in [1.54, 1.807) is 6.92 Å². The van der Waals surface area contributed by atoms with Gasteiger partial charge in [-0.3, -0.25) is 9.59 Å². The van der Waals surface area contributed by atoms with Crippen LogP contribution in [0.15, 0.2) is 0 Å². The summed E-state index contributed by atoms with van der Waals surface area (Å²) < 4.78 is 0. The summed E-state index contributed by atoms with van der Waals surface area (Å²) in [5, 5.41) is 13.4. The van der Waals surface area contributed by atoms with E-state index >= 15 is 0 Å². The van der Waals surface area contributed by atoms with Crippen LogP contribution >= 0.6 is 0 Å². The molecule has 0 bridgehead atoms. The van der Waals surface area contributed by atoms with Crippen molar-refractivity contribution in [3.63, 3.8) is 0 Å². The zero-order chi connectivity index (χ0) is 12.7. The van der Waals surface area contributed by atoms with E-state index in [1.165, 1.54) is 6.92 Å². The summed E-state index contributed by atoms with van der Waals surface area (Å²) in [7, 11) is 0. The number of aliphatic carboxylic acids is 1. The lowest BCUT2D eigenvalue weighted by atomic mass is 10.1. The summed E-state index contributed by atoms with van der Waals surface area (Å²) in [5.41, 5.74) is 4.84. The molecule has 0 aliphatic rings. The molecule has 0 rings (SSSR count). The highest BCUT2D eigenvalue weighted by atomic mass is 16.4. The summed E-state index contributed by atoms with van der Waals surface area (Å²) in [6, 6.07) is -1.57. The number of hydrogen-bond acceptors (Lipinski definition) is 3. The molecule has 5 N–H and O–H groups in total. The lowest BCUT2D eigenvalue weighted by molar-refractivity contribution is -0.141. The molecular weight excluding hydrogens is 214 g/mol. The van der Waals surface area contributed by atoms with E-state index in [2.05, 4.69) is 10.6 Å². The number of hydrogen-bond donors (Lipinski definition) is 4. The molecule has 16 heavy (non-hydrogen) atoms. The van der Waals surface area contributed by atoms with Crippen LogP contribution in [0.1, 0.15) is 20.3 Å². The fourth-order valence-corrected chi connectivity index (χ4v) is 1.06. The Hall–Kier alpha value is -1.79. The summed E-state index contributed by atoms with van der Waals surface area (Å²) in [6.45, 7) is 3.22. The first-order chi connectivity index (χ1) is 7.38. The van der Waals surface area contributed by atoms with Crippen molar-refractivity contribution in [2.75, 3.05) is 6.54 Å². The average molecular weight is 231 g/mol. The number of carboxylic acid groups (broad SMARTS) is 1. The van der Waals surface area contributed by atoms with Gasteiger partial charge in [-0.25, -0.2) is 4.79 Å². The molecule has 2 atom stereocenters. The molecule has 3 amide bonds. The highest BCUT2D eigenvalue weighted by Gasteiger charge is 2.18. The second kappa shape index (κ2) is 6.65. The minimum atomic E-state index is -0.960. The van der Waals surface area contributed by atoms with Crippen LogP contribution in [-0.2, 0) is 9.59 Å². The Morgan fingerprint density at radius 3 is 2.31 bits per heavy atom. The molecule has 0 saturated heterocycles. The predicted octanol–water partition coefficient (Wildman–Crippen LogP) is -0.730. The van der Waals surface area contributed by atoms with Crippen molar-refractivity contribution < 1.29 is 19.5 Å². The lowest BCUT2D eigenvalue weighted by Gasteiger charge is -2.15. The molecule has 2 unspecified atom stereocenters. The van der Waals surface area contributed by atoms with Crippen molar-refractivity contribution in [1.82, 2.24) is 10.6 Å². The normalized spacial score (nSPS) is 13.6. The number of urea groups is 1. The predicted molar refractivity (Wildman–Crippen MR) is 56.6 cm³/mol. The first-order valence-corrected chi connectivity index (χ1v) is 4.95. The number of amides is 3. The fraction of sp³-hybridized carbons (Fsp3) is 0.667. The summed E-state index contributed by atoms with van der Waals surface area (Å²) in [4.78, 5) is 32.5. The van der Waals surface area contributed by atoms with E-state index in [1.807, 2.05) is 0 Å². The third-order valence-corrected chi connectivity index (χ3v) is 2.12. The molecule has 7 heteroatoms. The first kappa shape index (κ1) is 14.2. The van der Waals surface area contributed by atoms with Crippen molar-refractivity contribution in [1.29, 1.82) is 0 Å². The van der Waals surface area contributed by atoms with Gasteiger partial charge in [0.15, 0.2) is 0 Å². The van der Waals surface area contributed by atoms with Gasteiger partial charge < -0.3 is 21.5 Å². The topological polar surface area (TPSA) is 122 Å². The number of nitrogens with two attached hydrogens (primary N) is 1. The van der Waals surface area contributed by atoms with Crippen LogP contribution in [-0.4, -0.2) is 35.6 Å². The zero-order valence-corrected chi connectivity index (χ0v) is 9.32. The maximum atomic E-state index is 11.3. The number of nitrogens with one attached hydrogen (secondary N) is 2. The maximum absolute atomic E-state index is 11.3. The molecule has 7 nitrogen and oxygen atoms in total. The van der Waals surface area contributed by atoms with Gasteiger partial charge in [-0.15, -0.1) is 0 Å². The molecule has 0 aliphatic carbocycles. The molecule has 0 heterocycles. The van der Waals surface area contributed by atoms with Crippen molar-refractivity contribution >= 4 is 17.9 Å². The third-order valence-electron chi connectivity index (χ3n) is 2.12. The summed E-state index contributed by atoms with van der Waals surface area (Å²) in [6.07, 6.45) is 0.424. The van der Waals surface area contributed by atoms with Gasteiger partial charge in [0.1, 0.15) is 6.04 Å². The number of carbonyl (C=O) groups is 3. The summed E-state index contributed by atoms with van der Waals surface area (Å²) >= 11 is 0. The zero-order valence-electron chi connectivity index (χ0n) is 9.32. The van der Waals surface area contributed by atoms with Crippen LogP contribution in [0, 0.1) is 5.92 Å². The quantitative estimate of drug-likeness (QED) is 0.481. The number of carboxylic acids is 1. The van der Waals surface area contributed by atoms with Gasteiger partial charge in [0, 0.05) is 6.54 Å². The van der Waals surface area contributed by atoms with Crippen LogP contribution < -0.4 is 16.4 Å². The van der Waals surface area contributed by atoms with E-state index in [4.69, 9.17) is 10.8 Å². The van der Waals surface area contributed by atoms with Gasteiger partial charge in [-0.05, 0) is 13.3 Å². The fourth-order valence-electron chi connectivity index (χ4n) is 1.06. The molecule has 0 saturated carbocycles. The van der Waals surface area contributed by atoms with Crippen molar-refractivity contribution in [2.45, 2.75) is 26.3 Å². The van der Waals surface area contributed by atoms with Crippen LogP contribution in [0.4, 0.5) is 4.79 Å². The highest BCUT2D eigenvalue weighted by molar-refractivity contribution is 5.86. The molecule has 0 aliphatic heterocycles. The molecular formula is C9H17N3O4. The Balaban J connectivity index is 4.05. The molecule has 92 valence electrons. The Morgan fingerprint density at radius 1 is 1.38 bits per heavy atom. The van der Waals surface area contributed by atoms with E-state index in [0.29, 0.717) is 6.42 Å². The van der Waals surface area contributed by atoms with Crippen LogP contribution in [0.3, 0.4) is 0 Å². The standard InChI is InChI=1S/C9H17N3O4/c1-3-6(8(14)15)4-11-7(13)5(2)12-9(10)16/h5-6H,3-4H2,1-2H3,(H,11,13)(H,14,15)(H3,10,12,16). The van der Waals surface area contributed by atoms with Crippen LogP contribution in [0.25, 0.3) is 0 Å². The Labute approximate surface area is 93.4 Å². The summed E-state index contributed by atoms with van der Waals surface area (Å²) in [5.74, 6) is -2.04. The van der Waals surface area contributed by atoms with E-state index in [-0.39, 0.29) is 6.54 Å². The van der Waals surface area contributed by atoms with Crippen LogP contribution in [0.2, 0.25) is 0 Å². The number of carbonyl (C=O) groups excluding carboxylic acids is 2. The van der Waals surface area contributed by atoms with Gasteiger partial charge in [0.25, 0.3) is 0 Å². The lowest BCUT2D eigenvalue weighted by Crippen LogP contribution is -2.48. The number of rotatable bonds is 6. The van der Waals surface area contributed by atoms with E-state index in [0.717, 1.165) is 0 Å². The van der Waals surface area contributed by atoms with E-state index in [9.17, 15) is 14.4 Å². The van der Waals surface area contributed by atoms with Gasteiger partial charge in [-0.2, -0.15) is 0 Å². The van der Waals surface area contributed by atoms with Crippen molar-refractivity contribution in [2.24, 2.45) is 11.7 Å². The molecule has 0 radical (unpaired) electrons. The van der Waals surface area contributed by atoms with Gasteiger partial charge >= 0.3 is 12.0 Å². The Morgan fingerprint density at radius 2 is 1.94 bits per heavy atom. The SMILES string of the molecule is CCC(CNC(=O)C(C)NC(N)=O)C(=O)O. The van der Waals surface area contributed by atoms with Crippen molar-refractivity contribution in [3.8, 4) is 0 Å². The third kappa shape index (κ3) is 5.18. The van der Waals surface area contributed by atoms with Crippen LogP contribution in [0.5, 0.6) is 0 Å². The minimum absolute atomic E-state index is 0.0372. The molecule has 0 aromatic carbocycles. The smallest absolute Gasteiger partial charge is 0.312 e. The average Bonchev–Trinajstić information content (AvgIpc) is 2.16. The molecule has 0 aromatic rings. The van der Waals surface area contributed by atoms with Gasteiger partial charge in [-0.1, -0.05) is 6.92 Å². The monoisotopic (exact) mass is 231 g/mol. The molecule has 0 aromatic heterocycles. The minimum Gasteiger partial charge on any atom is -0.481 e. The first-order valence-electron chi connectivity index (χ1n) is 4.95. The number of primary amides is 1. The Kier molecular flexibility index (Phi) is 5.91. The highest BCUT2D eigenvalue weighted by Crippen LogP contribution is 2.00.